The standard InChI is InChI=1S/C20H28FN3O3/c21-16-2-1-9-22-17(16)27-14-19(12-23-15-3-4-15)7-10-24(11-8-19)13-20(5-6-20)18(25)26/h1-2,9,15,23H,3-8,10-14H2,(H,25,26). The summed E-state index contributed by atoms with van der Waals surface area (Å²) in [5.74, 6) is -1.03. The molecule has 2 heterocycles. The molecule has 1 saturated heterocycles. The van der Waals surface area contributed by atoms with Crippen LogP contribution in [0.5, 0.6) is 5.88 Å². The van der Waals surface area contributed by atoms with Gasteiger partial charge in [-0.05, 0) is 63.7 Å². The summed E-state index contributed by atoms with van der Waals surface area (Å²) in [5, 5.41) is 13.0. The summed E-state index contributed by atoms with van der Waals surface area (Å²) in [6.45, 7) is 3.64. The van der Waals surface area contributed by atoms with Crippen molar-refractivity contribution in [1.82, 2.24) is 15.2 Å². The lowest BCUT2D eigenvalue weighted by Crippen LogP contribution is -2.50. The van der Waals surface area contributed by atoms with Crippen LogP contribution in [0, 0.1) is 16.6 Å². The van der Waals surface area contributed by atoms with Gasteiger partial charge in [0, 0.05) is 30.7 Å². The molecule has 4 rings (SSSR count). The largest absolute Gasteiger partial charge is 0.481 e. The van der Waals surface area contributed by atoms with E-state index in [0.717, 1.165) is 45.3 Å². The SMILES string of the molecule is O=C(O)C1(CN2CCC(CNC3CC3)(COc3ncccc3F)CC2)CC1. The van der Waals surface area contributed by atoms with Crippen molar-refractivity contribution in [2.75, 3.05) is 32.8 Å². The molecule has 6 nitrogen and oxygen atoms in total. The molecule has 7 heteroatoms. The Balaban J connectivity index is 1.36. The molecule has 3 aliphatic rings. The van der Waals surface area contributed by atoms with Gasteiger partial charge in [-0.25, -0.2) is 9.37 Å². The summed E-state index contributed by atoms with van der Waals surface area (Å²) < 4.78 is 19.6. The molecule has 2 saturated carbocycles. The maximum atomic E-state index is 13.9. The van der Waals surface area contributed by atoms with Gasteiger partial charge in [0.1, 0.15) is 0 Å². The number of likely N-dealkylation sites (tertiary alicyclic amines) is 1. The molecule has 27 heavy (non-hydrogen) atoms. The molecule has 1 aromatic rings. The van der Waals surface area contributed by atoms with Crippen molar-refractivity contribution in [2.24, 2.45) is 10.8 Å². The number of piperidine rings is 1. The topological polar surface area (TPSA) is 74.7 Å². The molecular weight excluding hydrogens is 349 g/mol. The van der Waals surface area contributed by atoms with Crippen LogP contribution in [0.15, 0.2) is 18.3 Å². The number of nitrogens with zero attached hydrogens (tertiary/aromatic N) is 2. The summed E-state index contributed by atoms with van der Waals surface area (Å²) in [6.07, 6.45) is 7.38. The molecule has 0 atom stereocenters. The van der Waals surface area contributed by atoms with Crippen LogP contribution in [-0.2, 0) is 4.79 Å². The van der Waals surface area contributed by atoms with Gasteiger partial charge in [-0.3, -0.25) is 4.79 Å². The summed E-state index contributed by atoms with van der Waals surface area (Å²) in [6, 6.07) is 3.52. The smallest absolute Gasteiger partial charge is 0.310 e. The molecule has 1 aromatic heterocycles. The van der Waals surface area contributed by atoms with Crippen LogP contribution in [0.3, 0.4) is 0 Å². The third kappa shape index (κ3) is 4.41. The third-order valence-electron chi connectivity index (χ3n) is 6.33. The van der Waals surface area contributed by atoms with Gasteiger partial charge in [-0.1, -0.05) is 0 Å². The predicted octanol–water partition coefficient (Wildman–Crippen LogP) is 2.30. The third-order valence-corrected chi connectivity index (χ3v) is 6.33. The number of aliphatic carboxylic acids is 1. The van der Waals surface area contributed by atoms with Gasteiger partial charge >= 0.3 is 5.97 Å². The van der Waals surface area contributed by atoms with Crippen molar-refractivity contribution in [1.29, 1.82) is 0 Å². The van der Waals surface area contributed by atoms with Crippen molar-refractivity contribution in [3.8, 4) is 5.88 Å². The number of carboxylic acids is 1. The molecule has 3 fully saturated rings. The van der Waals surface area contributed by atoms with Crippen LogP contribution in [-0.4, -0.2) is 59.8 Å². The normalized spacial score (nSPS) is 23.7. The zero-order valence-electron chi connectivity index (χ0n) is 15.6. The minimum atomic E-state index is -0.663. The fourth-order valence-electron chi connectivity index (χ4n) is 3.92. The van der Waals surface area contributed by atoms with Crippen LogP contribution in [0.25, 0.3) is 0 Å². The van der Waals surface area contributed by atoms with E-state index in [1.165, 1.54) is 25.1 Å². The Morgan fingerprint density at radius 2 is 2.07 bits per heavy atom. The van der Waals surface area contributed by atoms with E-state index in [0.29, 0.717) is 19.2 Å². The average molecular weight is 377 g/mol. The second-order valence-electron chi connectivity index (χ2n) is 8.60. The first-order valence-electron chi connectivity index (χ1n) is 9.93. The highest BCUT2D eigenvalue weighted by Gasteiger charge is 2.52. The van der Waals surface area contributed by atoms with Crippen molar-refractivity contribution in [3.63, 3.8) is 0 Å². The van der Waals surface area contributed by atoms with Crippen LogP contribution in [0.1, 0.15) is 38.5 Å². The quantitative estimate of drug-likeness (QED) is 0.688. The van der Waals surface area contributed by atoms with Crippen molar-refractivity contribution >= 4 is 5.97 Å². The maximum absolute atomic E-state index is 13.9. The molecule has 0 amide bonds. The first kappa shape index (κ1) is 18.6. The van der Waals surface area contributed by atoms with Crippen molar-refractivity contribution in [3.05, 3.63) is 24.1 Å². The lowest BCUT2D eigenvalue weighted by Gasteiger charge is -2.42. The van der Waals surface area contributed by atoms with E-state index in [4.69, 9.17) is 4.74 Å². The first-order valence-corrected chi connectivity index (χ1v) is 9.93. The summed E-state index contributed by atoms with van der Waals surface area (Å²) >= 11 is 0. The minimum absolute atomic E-state index is 0.0635. The predicted molar refractivity (Wildman–Crippen MR) is 98.1 cm³/mol. The molecule has 0 aromatic carbocycles. The van der Waals surface area contributed by atoms with E-state index in [9.17, 15) is 14.3 Å². The number of hydrogen-bond acceptors (Lipinski definition) is 5. The summed E-state index contributed by atoms with van der Waals surface area (Å²) in [5.41, 5.74) is -0.581. The van der Waals surface area contributed by atoms with Crippen LogP contribution < -0.4 is 10.1 Å². The van der Waals surface area contributed by atoms with Gasteiger partial charge in [-0.15, -0.1) is 0 Å². The van der Waals surface area contributed by atoms with Crippen LogP contribution in [0.2, 0.25) is 0 Å². The second-order valence-corrected chi connectivity index (χ2v) is 8.60. The highest BCUT2D eigenvalue weighted by Crippen LogP contribution is 2.47. The fraction of sp³-hybridized carbons (Fsp3) is 0.700. The Morgan fingerprint density at radius 1 is 1.33 bits per heavy atom. The summed E-state index contributed by atoms with van der Waals surface area (Å²) in [4.78, 5) is 17.7. The van der Waals surface area contributed by atoms with Crippen LogP contribution in [0.4, 0.5) is 4.39 Å². The molecular formula is C20H28FN3O3. The molecule has 0 spiro atoms. The van der Waals surface area contributed by atoms with Crippen molar-refractivity contribution in [2.45, 2.75) is 44.6 Å². The van der Waals surface area contributed by atoms with Gasteiger partial charge in [0.15, 0.2) is 5.82 Å². The van der Waals surface area contributed by atoms with Gasteiger partial charge in [0.05, 0.1) is 12.0 Å². The molecule has 148 valence electrons. The van der Waals surface area contributed by atoms with E-state index in [2.05, 4.69) is 15.2 Å². The van der Waals surface area contributed by atoms with Gasteiger partial charge in [0.25, 0.3) is 0 Å². The number of halogens is 1. The number of aromatic nitrogens is 1. The van der Waals surface area contributed by atoms with Gasteiger partial charge < -0.3 is 20.1 Å². The van der Waals surface area contributed by atoms with E-state index in [1.807, 2.05) is 0 Å². The zero-order chi connectivity index (χ0) is 18.9. The maximum Gasteiger partial charge on any atom is 0.310 e. The number of hydrogen-bond donors (Lipinski definition) is 2. The monoisotopic (exact) mass is 377 g/mol. The number of carboxylic acid groups (broad SMARTS) is 1. The highest BCUT2D eigenvalue weighted by atomic mass is 19.1. The lowest BCUT2D eigenvalue weighted by molar-refractivity contribution is -0.144. The lowest BCUT2D eigenvalue weighted by atomic mass is 9.78. The number of ether oxygens (including phenoxy) is 1. The fourth-order valence-corrected chi connectivity index (χ4v) is 3.92. The Labute approximate surface area is 159 Å². The van der Waals surface area contributed by atoms with Gasteiger partial charge in [-0.2, -0.15) is 0 Å². The Morgan fingerprint density at radius 3 is 2.67 bits per heavy atom. The molecule has 0 bridgehead atoms. The minimum Gasteiger partial charge on any atom is -0.481 e. The number of nitrogens with one attached hydrogen (secondary N) is 1. The van der Waals surface area contributed by atoms with Crippen molar-refractivity contribution < 1.29 is 19.0 Å². The van der Waals surface area contributed by atoms with E-state index < -0.39 is 17.2 Å². The van der Waals surface area contributed by atoms with E-state index in [1.54, 1.807) is 6.07 Å². The number of rotatable bonds is 9. The zero-order valence-corrected chi connectivity index (χ0v) is 15.6. The van der Waals surface area contributed by atoms with E-state index >= 15 is 0 Å². The number of carbonyl (C=O) groups is 1. The second kappa shape index (κ2) is 7.36. The molecule has 0 unspecified atom stereocenters. The average Bonchev–Trinajstić information content (AvgIpc) is 3.57. The molecule has 2 aliphatic carbocycles. The van der Waals surface area contributed by atoms with Gasteiger partial charge in [0.2, 0.25) is 5.88 Å². The molecule has 2 N–H and O–H groups in total. The van der Waals surface area contributed by atoms with E-state index in [-0.39, 0.29) is 11.3 Å². The Hall–Kier alpha value is -1.73. The van der Waals surface area contributed by atoms with Crippen LogP contribution >= 0.6 is 0 Å². The first-order chi connectivity index (χ1) is 13.0. The molecule has 1 aliphatic heterocycles. The molecule has 0 radical (unpaired) electrons. The summed E-state index contributed by atoms with van der Waals surface area (Å²) in [7, 11) is 0. The highest BCUT2D eigenvalue weighted by molar-refractivity contribution is 5.78. The number of pyridine rings is 1. The Bertz CT molecular complexity index is 683. The Kier molecular flexibility index (Phi) is 5.07.